The molecule has 2 aromatic rings. The Kier molecular flexibility index (Phi) is 4.20. The molecule has 1 amide bonds. The number of aromatic nitrogens is 1. The third-order valence-corrected chi connectivity index (χ3v) is 2.89. The third-order valence-electron chi connectivity index (χ3n) is 2.89. The lowest BCUT2D eigenvalue weighted by molar-refractivity contribution is 0.0827. The Morgan fingerprint density at radius 3 is 2.75 bits per heavy atom. The molecule has 1 aromatic carbocycles. The first kappa shape index (κ1) is 13.9. The Morgan fingerprint density at radius 1 is 1.30 bits per heavy atom. The van der Waals surface area contributed by atoms with Crippen molar-refractivity contribution in [2.24, 2.45) is 0 Å². The summed E-state index contributed by atoms with van der Waals surface area (Å²) in [7, 11) is 3.44. The zero-order chi connectivity index (χ0) is 14.5. The zero-order valence-electron chi connectivity index (χ0n) is 11.6. The zero-order valence-corrected chi connectivity index (χ0v) is 11.6. The number of hydrogen-bond acceptors (Lipinski definition) is 4. The minimum absolute atomic E-state index is 0.0501. The predicted octanol–water partition coefficient (Wildman–Crippen LogP) is 1.98. The van der Waals surface area contributed by atoms with Gasteiger partial charge in [0.25, 0.3) is 5.91 Å². The number of nitrogens with one attached hydrogen (secondary N) is 1. The fraction of sp³-hybridized carbons (Fsp3) is 0.200. The number of rotatable bonds is 4. The Hall–Kier alpha value is -2.56. The summed E-state index contributed by atoms with van der Waals surface area (Å²) in [6, 6.07) is 11.0. The maximum Gasteiger partial charge on any atom is 0.253 e. The number of nitrogens with zero attached hydrogens (tertiary/aromatic N) is 2. The summed E-state index contributed by atoms with van der Waals surface area (Å²) in [5, 5.41) is 3.21. The van der Waals surface area contributed by atoms with Crippen LogP contribution in [0.1, 0.15) is 16.1 Å². The highest BCUT2D eigenvalue weighted by Crippen LogP contribution is 2.21. The number of hydrogen-bond donors (Lipinski definition) is 2. The van der Waals surface area contributed by atoms with E-state index in [0.29, 0.717) is 17.8 Å². The molecule has 0 atom stereocenters. The first-order valence-corrected chi connectivity index (χ1v) is 6.33. The van der Waals surface area contributed by atoms with Crippen molar-refractivity contribution in [2.45, 2.75) is 6.54 Å². The van der Waals surface area contributed by atoms with Crippen molar-refractivity contribution in [3.05, 3.63) is 53.9 Å². The van der Waals surface area contributed by atoms with Gasteiger partial charge in [-0.25, -0.2) is 0 Å². The summed E-state index contributed by atoms with van der Waals surface area (Å²) in [6.07, 6.45) is 1.74. The van der Waals surface area contributed by atoms with Crippen molar-refractivity contribution in [2.75, 3.05) is 25.1 Å². The second kappa shape index (κ2) is 6.06. The van der Waals surface area contributed by atoms with Crippen molar-refractivity contribution in [1.29, 1.82) is 0 Å². The van der Waals surface area contributed by atoms with E-state index in [4.69, 9.17) is 5.73 Å². The molecule has 0 saturated heterocycles. The molecule has 20 heavy (non-hydrogen) atoms. The second-order valence-electron chi connectivity index (χ2n) is 4.68. The molecule has 2 rings (SSSR count). The van der Waals surface area contributed by atoms with E-state index in [1.807, 2.05) is 18.2 Å². The Labute approximate surface area is 118 Å². The number of benzene rings is 1. The van der Waals surface area contributed by atoms with Crippen LogP contribution in [0.15, 0.2) is 42.6 Å². The van der Waals surface area contributed by atoms with E-state index in [0.717, 1.165) is 11.4 Å². The molecule has 104 valence electrons. The second-order valence-corrected chi connectivity index (χ2v) is 4.68. The van der Waals surface area contributed by atoms with Crippen LogP contribution < -0.4 is 11.1 Å². The molecule has 0 spiro atoms. The Morgan fingerprint density at radius 2 is 2.10 bits per heavy atom. The monoisotopic (exact) mass is 270 g/mol. The normalized spacial score (nSPS) is 10.1. The molecule has 0 radical (unpaired) electrons. The van der Waals surface area contributed by atoms with Gasteiger partial charge in [-0.1, -0.05) is 6.07 Å². The fourth-order valence-electron chi connectivity index (χ4n) is 1.79. The molecule has 5 heteroatoms. The van der Waals surface area contributed by atoms with Crippen LogP contribution in [0.5, 0.6) is 0 Å². The third kappa shape index (κ3) is 3.26. The van der Waals surface area contributed by atoms with Crippen LogP contribution in [-0.4, -0.2) is 29.9 Å². The summed E-state index contributed by atoms with van der Waals surface area (Å²) < 4.78 is 0. The predicted molar refractivity (Wildman–Crippen MR) is 80.4 cm³/mol. The standard InChI is InChI=1S/C15H18N4O/c1-19(2)15(20)11-6-7-13(16)14(9-11)18-10-12-5-3-4-8-17-12/h3-9,18H,10,16H2,1-2H3. The number of amides is 1. The van der Waals surface area contributed by atoms with Gasteiger partial charge in [-0.05, 0) is 30.3 Å². The molecule has 0 aliphatic rings. The molecule has 3 N–H and O–H groups in total. The van der Waals surface area contributed by atoms with Crippen LogP contribution in [0.25, 0.3) is 0 Å². The van der Waals surface area contributed by atoms with Gasteiger partial charge in [0, 0.05) is 25.9 Å². The van der Waals surface area contributed by atoms with Crippen LogP contribution in [0.2, 0.25) is 0 Å². The van der Waals surface area contributed by atoms with Gasteiger partial charge in [-0.3, -0.25) is 9.78 Å². The number of nitrogens with two attached hydrogens (primary N) is 1. The highest BCUT2D eigenvalue weighted by molar-refractivity contribution is 5.95. The molecule has 0 fully saturated rings. The first-order valence-electron chi connectivity index (χ1n) is 6.33. The summed E-state index contributed by atoms with van der Waals surface area (Å²) in [4.78, 5) is 17.7. The van der Waals surface area contributed by atoms with E-state index >= 15 is 0 Å². The molecule has 0 bridgehead atoms. The molecule has 0 aliphatic heterocycles. The van der Waals surface area contributed by atoms with E-state index in [1.165, 1.54) is 4.90 Å². The molecule has 0 unspecified atom stereocenters. The first-order chi connectivity index (χ1) is 9.58. The summed E-state index contributed by atoms with van der Waals surface area (Å²) in [5.74, 6) is -0.0501. The van der Waals surface area contributed by atoms with Gasteiger partial charge in [0.15, 0.2) is 0 Å². The van der Waals surface area contributed by atoms with E-state index in [1.54, 1.807) is 38.5 Å². The van der Waals surface area contributed by atoms with Gasteiger partial charge in [0.05, 0.1) is 23.6 Å². The van der Waals surface area contributed by atoms with Crippen molar-refractivity contribution >= 4 is 17.3 Å². The Balaban J connectivity index is 2.15. The average Bonchev–Trinajstić information content (AvgIpc) is 2.46. The minimum atomic E-state index is -0.0501. The lowest BCUT2D eigenvalue weighted by Gasteiger charge is -2.13. The number of carbonyl (C=O) groups is 1. The van der Waals surface area contributed by atoms with Crippen molar-refractivity contribution in [3.63, 3.8) is 0 Å². The SMILES string of the molecule is CN(C)C(=O)c1ccc(N)c(NCc2ccccn2)c1. The molecule has 0 aliphatic carbocycles. The largest absolute Gasteiger partial charge is 0.397 e. The van der Waals surface area contributed by atoms with Gasteiger partial charge in [-0.2, -0.15) is 0 Å². The van der Waals surface area contributed by atoms with E-state index in [9.17, 15) is 4.79 Å². The van der Waals surface area contributed by atoms with Gasteiger partial charge < -0.3 is 16.0 Å². The number of pyridine rings is 1. The maximum atomic E-state index is 11.9. The van der Waals surface area contributed by atoms with Crippen molar-refractivity contribution in [3.8, 4) is 0 Å². The number of anilines is 2. The molecule has 5 nitrogen and oxygen atoms in total. The fourth-order valence-corrected chi connectivity index (χ4v) is 1.79. The van der Waals surface area contributed by atoms with Crippen LogP contribution >= 0.6 is 0 Å². The minimum Gasteiger partial charge on any atom is -0.397 e. The molecular weight excluding hydrogens is 252 g/mol. The van der Waals surface area contributed by atoms with Gasteiger partial charge in [0.1, 0.15) is 0 Å². The summed E-state index contributed by atoms with van der Waals surface area (Å²) in [5.41, 5.74) is 8.79. The van der Waals surface area contributed by atoms with E-state index in [-0.39, 0.29) is 5.91 Å². The van der Waals surface area contributed by atoms with Crippen molar-refractivity contribution in [1.82, 2.24) is 9.88 Å². The maximum absolute atomic E-state index is 11.9. The van der Waals surface area contributed by atoms with Gasteiger partial charge >= 0.3 is 0 Å². The molecule has 0 saturated carbocycles. The van der Waals surface area contributed by atoms with Crippen LogP contribution in [0.3, 0.4) is 0 Å². The van der Waals surface area contributed by atoms with Crippen LogP contribution in [-0.2, 0) is 6.54 Å². The lowest BCUT2D eigenvalue weighted by Crippen LogP contribution is -2.21. The van der Waals surface area contributed by atoms with Crippen LogP contribution in [0, 0.1) is 0 Å². The smallest absolute Gasteiger partial charge is 0.253 e. The number of nitrogen functional groups attached to an aromatic ring is 1. The molecule has 1 heterocycles. The van der Waals surface area contributed by atoms with Crippen molar-refractivity contribution < 1.29 is 4.79 Å². The van der Waals surface area contributed by atoms with Crippen LogP contribution in [0.4, 0.5) is 11.4 Å². The molecule has 1 aromatic heterocycles. The van der Waals surface area contributed by atoms with E-state index in [2.05, 4.69) is 10.3 Å². The number of carbonyl (C=O) groups excluding carboxylic acids is 1. The highest BCUT2D eigenvalue weighted by atomic mass is 16.2. The average molecular weight is 270 g/mol. The van der Waals surface area contributed by atoms with Gasteiger partial charge in [0.2, 0.25) is 0 Å². The van der Waals surface area contributed by atoms with Gasteiger partial charge in [-0.15, -0.1) is 0 Å². The summed E-state index contributed by atoms with van der Waals surface area (Å²) >= 11 is 0. The quantitative estimate of drug-likeness (QED) is 0.833. The Bertz CT molecular complexity index is 596. The molecular formula is C15H18N4O. The topological polar surface area (TPSA) is 71.2 Å². The van der Waals surface area contributed by atoms with E-state index < -0.39 is 0 Å². The highest BCUT2D eigenvalue weighted by Gasteiger charge is 2.10. The lowest BCUT2D eigenvalue weighted by atomic mass is 10.1. The summed E-state index contributed by atoms with van der Waals surface area (Å²) in [6.45, 7) is 0.560.